The van der Waals surface area contributed by atoms with Gasteiger partial charge in [0.05, 0.1) is 17.0 Å². The number of aromatic nitrogens is 4. The molecular weight excluding hydrogens is 471 g/mol. The number of fused-ring (bicyclic) bond motifs is 1. The number of hydrogen-bond donors (Lipinski definition) is 1. The van der Waals surface area contributed by atoms with Crippen molar-refractivity contribution in [2.45, 2.75) is 30.8 Å². The second kappa shape index (κ2) is 9.75. The molecule has 1 amide bonds. The zero-order valence-corrected chi connectivity index (χ0v) is 19.6. The Kier molecular flexibility index (Phi) is 6.38. The van der Waals surface area contributed by atoms with Crippen LogP contribution in [-0.4, -0.2) is 31.4 Å². The van der Waals surface area contributed by atoms with Crippen molar-refractivity contribution in [2.24, 2.45) is 0 Å². The molecule has 0 unspecified atom stereocenters. The molecule has 4 aromatic rings. The first kappa shape index (κ1) is 22.3. The number of anilines is 1. The summed E-state index contributed by atoms with van der Waals surface area (Å²) in [5.74, 6) is -0.223. The summed E-state index contributed by atoms with van der Waals surface area (Å²) >= 11 is 2.64. The van der Waals surface area contributed by atoms with E-state index in [1.165, 1.54) is 22.3 Å². The average molecular weight is 491 g/mol. The normalized spacial score (nSPS) is 12.7. The SMILES string of the molecule is N#Cc1c(NC(=O)CSc2nnc(-c3cccnc3)n2-c2ccccc2F)sc2c1CCCC2. The van der Waals surface area contributed by atoms with E-state index in [4.69, 9.17) is 0 Å². The highest BCUT2D eigenvalue weighted by Gasteiger charge is 2.23. The van der Waals surface area contributed by atoms with Gasteiger partial charge in [-0.25, -0.2) is 4.39 Å². The Labute approximate surface area is 203 Å². The van der Waals surface area contributed by atoms with Crippen LogP contribution >= 0.6 is 23.1 Å². The van der Waals surface area contributed by atoms with E-state index < -0.39 is 5.82 Å². The number of nitrogens with zero attached hydrogens (tertiary/aromatic N) is 5. The first-order chi connectivity index (χ1) is 16.7. The molecule has 0 radical (unpaired) electrons. The van der Waals surface area contributed by atoms with Gasteiger partial charge in [-0.3, -0.25) is 14.3 Å². The maximum Gasteiger partial charge on any atom is 0.235 e. The molecule has 10 heteroatoms. The van der Waals surface area contributed by atoms with E-state index in [-0.39, 0.29) is 17.3 Å². The molecule has 0 spiro atoms. The summed E-state index contributed by atoms with van der Waals surface area (Å²) < 4.78 is 16.3. The third-order valence-corrected chi connectivity index (χ3v) is 7.65. The number of halogens is 1. The number of thioether (sulfide) groups is 1. The Morgan fingerprint density at radius 1 is 1.21 bits per heavy atom. The van der Waals surface area contributed by atoms with Crippen LogP contribution < -0.4 is 5.32 Å². The van der Waals surface area contributed by atoms with Crippen LogP contribution in [0.5, 0.6) is 0 Å². The molecule has 0 aliphatic heterocycles. The summed E-state index contributed by atoms with van der Waals surface area (Å²) in [6.45, 7) is 0. The van der Waals surface area contributed by atoms with Crippen LogP contribution in [0.15, 0.2) is 53.9 Å². The molecule has 0 bridgehead atoms. The third-order valence-electron chi connectivity index (χ3n) is 5.51. The fraction of sp³-hybridized carbons (Fsp3) is 0.208. The highest BCUT2D eigenvalue weighted by molar-refractivity contribution is 7.99. The lowest BCUT2D eigenvalue weighted by atomic mass is 9.96. The van der Waals surface area contributed by atoms with Crippen LogP contribution in [0.3, 0.4) is 0 Å². The van der Waals surface area contributed by atoms with E-state index in [0.29, 0.717) is 27.1 Å². The molecule has 1 aliphatic rings. The predicted octanol–water partition coefficient (Wildman–Crippen LogP) is 5.01. The van der Waals surface area contributed by atoms with Crippen molar-refractivity contribution in [2.75, 3.05) is 11.1 Å². The lowest BCUT2D eigenvalue weighted by Gasteiger charge is -2.11. The molecule has 5 rings (SSSR count). The minimum Gasteiger partial charge on any atom is -0.316 e. The Morgan fingerprint density at radius 3 is 2.85 bits per heavy atom. The average Bonchev–Trinajstić information content (AvgIpc) is 3.44. The first-order valence-corrected chi connectivity index (χ1v) is 12.5. The molecule has 1 N–H and O–H groups in total. The van der Waals surface area contributed by atoms with Gasteiger partial charge in [-0.15, -0.1) is 21.5 Å². The second-order valence-electron chi connectivity index (χ2n) is 7.70. The summed E-state index contributed by atoms with van der Waals surface area (Å²) in [6, 6.07) is 12.2. The van der Waals surface area contributed by atoms with E-state index in [1.54, 1.807) is 41.2 Å². The fourth-order valence-corrected chi connectivity index (χ4v) is 5.96. The molecule has 0 fully saturated rings. The first-order valence-electron chi connectivity index (χ1n) is 10.7. The standard InChI is InChI=1S/C24H19FN6OS2/c25-18-8-2-3-9-19(18)31-22(15-6-5-11-27-13-15)29-30-24(31)33-14-21(32)28-23-17(12-26)16-7-1-4-10-20(16)34-23/h2-3,5-6,8-9,11,13H,1,4,7,10,14H2,(H,28,32). The van der Waals surface area contributed by atoms with Crippen LogP contribution in [0.1, 0.15) is 28.8 Å². The predicted molar refractivity (Wildman–Crippen MR) is 130 cm³/mol. The molecule has 1 aromatic carbocycles. The molecule has 0 saturated carbocycles. The number of rotatable bonds is 6. The van der Waals surface area contributed by atoms with Crippen molar-refractivity contribution in [1.82, 2.24) is 19.7 Å². The number of para-hydroxylation sites is 1. The minimum atomic E-state index is -0.429. The summed E-state index contributed by atoms with van der Waals surface area (Å²) in [6.07, 6.45) is 7.26. The zero-order chi connectivity index (χ0) is 23.5. The highest BCUT2D eigenvalue weighted by atomic mass is 32.2. The number of nitriles is 1. The summed E-state index contributed by atoms with van der Waals surface area (Å²) in [4.78, 5) is 18.1. The number of benzene rings is 1. The number of pyridine rings is 1. The van der Waals surface area contributed by atoms with Crippen LogP contribution in [0, 0.1) is 17.1 Å². The molecular formula is C24H19FN6OS2. The van der Waals surface area contributed by atoms with Gasteiger partial charge in [0.15, 0.2) is 11.0 Å². The van der Waals surface area contributed by atoms with Gasteiger partial charge >= 0.3 is 0 Å². The molecule has 0 atom stereocenters. The second-order valence-corrected chi connectivity index (χ2v) is 9.75. The van der Waals surface area contributed by atoms with Crippen LogP contribution in [0.2, 0.25) is 0 Å². The van der Waals surface area contributed by atoms with Gasteiger partial charge in [0.2, 0.25) is 5.91 Å². The number of aryl methyl sites for hydroxylation is 1. The molecule has 3 heterocycles. The van der Waals surface area contributed by atoms with Crippen molar-refractivity contribution < 1.29 is 9.18 Å². The molecule has 34 heavy (non-hydrogen) atoms. The maximum atomic E-state index is 14.7. The van der Waals surface area contributed by atoms with Crippen molar-refractivity contribution >= 4 is 34.0 Å². The molecule has 1 aliphatic carbocycles. The molecule has 3 aromatic heterocycles. The van der Waals surface area contributed by atoms with Crippen molar-refractivity contribution in [3.05, 3.63) is 70.6 Å². The monoisotopic (exact) mass is 490 g/mol. The van der Waals surface area contributed by atoms with E-state index in [2.05, 4.69) is 26.6 Å². The third kappa shape index (κ3) is 4.32. The van der Waals surface area contributed by atoms with Gasteiger partial charge in [0, 0.05) is 22.8 Å². The quantitative estimate of drug-likeness (QED) is 0.382. The van der Waals surface area contributed by atoms with Gasteiger partial charge in [-0.05, 0) is 55.5 Å². The van der Waals surface area contributed by atoms with E-state index >= 15 is 0 Å². The molecule has 0 saturated heterocycles. The Bertz CT molecular complexity index is 1390. The number of carbonyl (C=O) groups is 1. The minimum absolute atomic E-state index is 0.0348. The highest BCUT2D eigenvalue weighted by Crippen LogP contribution is 2.38. The largest absolute Gasteiger partial charge is 0.316 e. The van der Waals surface area contributed by atoms with Gasteiger partial charge in [0.25, 0.3) is 0 Å². The van der Waals surface area contributed by atoms with Gasteiger partial charge < -0.3 is 5.32 Å². The number of nitrogens with one attached hydrogen (secondary N) is 1. The van der Waals surface area contributed by atoms with Crippen molar-refractivity contribution in [3.63, 3.8) is 0 Å². The lowest BCUT2D eigenvalue weighted by molar-refractivity contribution is -0.113. The Balaban J connectivity index is 1.40. The molecule has 170 valence electrons. The zero-order valence-electron chi connectivity index (χ0n) is 18.0. The summed E-state index contributed by atoms with van der Waals surface area (Å²) in [5, 5.41) is 22.0. The molecule has 7 nitrogen and oxygen atoms in total. The fourth-order valence-electron chi connectivity index (χ4n) is 3.96. The number of carbonyl (C=O) groups excluding carboxylic acids is 1. The van der Waals surface area contributed by atoms with Gasteiger partial charge in [-0.1, -0.05) is 23.9 Å². The number of amides is 1. The lowest BCUT2D eigenvalue weighted by Crippen LogP contribution is -2.14. The van der Waals surface area contributed by atoms with Crippen molar-refractivity contribution in [3.8, 4) is 23.1 Å². The topological polar surface area (TPSA) is 96.5 Å². The van der Waals surface area contributed by atoms with E-state index in [1.807, 2.05) is 6.07 Å². The van der Waals surface area contributed by atoms with Gasteiger partial charge in [0.1, 0.15) is 16.9 Å². The van der Waals surface area contributed by atoms with Gasteiger partial charge in [-0.2, -0.15) is 5.26 Å². The van der Waals surface area contributed by atoms with Crippen molar-refractivity contribution in [1.29, 1.82) is 5.26 Å². The Morgan fingerprint density at radius 2 is 2.06 bits per heavy atom. The van der Waals surface area contributed by atoms with Crippen LogP contribution in [-0.2, 0) is 17.6 Å². The van der Waals surface area contributed by atoms with Crippen LogP contribution in [0.4, 0.5) is 9.39 Å². The number of hydrogen-bond acceptors (Lipinski definition) is 7. The van der Waals surface area contributed by atoms with Crippen LogP contribution in [0.25, 0.3) is 17.1 Å². The smallest absolute Gasteiger partial charge is 0.235 e. The summed E-state index contributed by atoms with van der Waals surface area (Å²) in [5.41, 5.74) is 2.61. The number of thiophene rings is 1. The summed E-state index contributed by atoms with van der Waals surface area (Å²) in [7, 11) is 0. The van der Waals surface area contributed by atoms with E-state index in [9.17, 15) is 14.4 Å². The maximum absolute atomic E-state index is 14.7. The Hall–Kier alpha value is -3.55. The van der Waals surface area contributed by atoms with E-state index in [0.717, 1.165) is 43.0 Å².